The Labute approximate surface area is 101 Å². The van der Waals surface area contributed by atoms with Crippen molar-refractivity contribution < 1.29 is 4.39 Å². The summed E-state index contributed by atoms with van der Waals surface area (Å²) in [4.78, 5) is 0. The number of hydrogen-bond acceptors (Lipinski definition) is 2. The van der Waals surface area contributed by atoms with E-state index < -0.39 is 0 Å². The molecule has 0 bridgehead atoms. The standard InChI is InChI=1S/C13H18FNS/c1-10-4-5-11(7-13(10)14)8-15-12-3-2-6-16-9-12/h4-5,7,12,15H,2-3,6,8-9H2,1H3. The lowest BCUT2D eigenvalue weighted by atomic mass is 10.1. The van der Waals surface area contributed by atoms with Gasteiger partial charge in [-0.3, -0.25) is 0 Å². The van der Waals surface area contributed by atoms with E-state index in [1.54, 1.807) is 13.0 Å². The molecule has 0 spiro atoms. The Bertz CT molecular complexity index is 348. The molecule has 3 heteroatoms. The quantitative estimate of drug-likeness (QED) is 0.869. The largest absolute Gasteiger partial charge is 0.309 e. The van der Waals surface area contributed by atoms with Gasteiger partial charge in [0, 0.05) is 18.3 Å². The van der Waals surface area contributed by atoms with Gasteiger partial charge in [-0.1, -0.05) is 12.1 Å². The summed E-state index contributed by atoms with van der Waals surface area (Å²) in [5.74, 6) is 2.38. The molecule has 1 aliphatic rings. The number of aryl methyl sites for hydroxylation is 1. The molecule has 1 unspecified atom stereocenters. The summed E-state index contributed by atoms with van der Waals surface area (Å²) in [5, 5.41) is 3.50. The van der Waals surface area contributed by atoms with Gasteiger partial charge in [0.1, 0.15) is 5.82 Å². The monoisotopic (exact) mass is 239 g/mol. The highest BCUT2D eigenvalue weighted by atomic mass is 32.2. The van der Waals surface area contributed by atoms with Gasteiger partial charge >= 0.3 is 0 Å². The molecule has 0 amide bonds. The average molecular weight is 239 g/mol. The molecule has 1 N–H and O–H groups in total. The van der Waals surface area contributed by atoms with Crippen LogP contribution in [0, 0.1) is 12.7 Å². The fraction of sp³-hybridized carbons (Fsp3) is 0.538. The lowest BCUT2D eigenvalue weighted by Crippen LogP contribution is -2.33. The van der Waals surface area contributed by atoms with Crippen LogP contribution in [-0.4, -0.2) is 17.5 Å². The summed E-state index contributed by atoms with van der Waals surface area (Å²) in [6.07, 6.45) is 2.55. The molecule has 0 saturated carbocycles. The minimum absolute atomic E-state index is 0.0997. The highest BCUT2D eigenvalue weighted by Crippen LogP contribution is 2.17. The molecule has 1 heterocycles. The van der Waals surface area contributed by atoms with Crippen molar-refractivity contribution in [2.75, 3.05) is 11.5 Å². The minimum atomic E-state index is -0.0997. The summed E-state index contributed by atoms with van der Waals surface area (Å²) in [5.41, 5.74) is 1.76. The van der Waals surface area contributed by atoms with Gasteiger partial charge in [0.2, 0.25) is 0 Å². The predicted octanol–water partition coefficient (Wildman–Crippen LogP) is 3.12. The van der Waals surface area contributed by atoms with E-state index in [2.05, 4.69) is 5.32 Å². The van der Waals surface area contributed by atoms with Crippen LogP contribution in [0.4, 0.5) is 4.39 Å². The van der Waals surface area contributed by atoms with Crippen molar-refractivity contribution in [3.8, 4) is 0 Å². The van der Waals surface area contributed by atoms with Crippen LogP contribution in [0.15, 0.2) is 18.2 Å². The molecular formula is C13H18FNS. The Morgan fingerprint density at radius 3 is 3.06 bits per heavy atom. The van der Waals surface area contributed by atoms with Crippen LogP contribution in [-0.2, 0) is 6.54 Å². The molecule has 1 atom stereocenters. The topological polar surface area (TPSA) is 12.0 Å². The van der Waals surface area contributed by atoms with Crippen molar-refractivity contribution in [3.63, 3.8) is 0 Å². The van der Waals surface area contributed by atoms with Crippen molar-refractivity contribution in [2.24, 2.45) is 0 Å². The van der Waals surface area contributed by atoms with E-state index in [4.69, 9.17) is 0 Å². The Morgan fingerprint density at radius 2 is 2.38 bits per heavy atom. The highest BCUT2D eigenvalue weighted by Gasteiger charge is 2.12. The normalized spacial score (nSPS) is 21.0. The number of benzene rings is 1. The molecular weight excluding hydrogens is 221 g/mol. The average Bonchev–Trinajstić information content (AvgIpc) is 2.32. The van der Waals surface area contributed by atoms with Crippen molar-refractivity contribution >= 4 is 11.8 Å². The molecule has 0 radical (unpaired) electrons. The third-order valence-corrected chi connectivity index (χ3v) is 4.21. The van der Waals surface area contributed by atoms with Gasteiger partial charge in [0.25, 0.3) is 0 Å². The summed E-state index contributed by atoms with van der Waals surface area (Å²) in [7, 11) is 0. The van der Waals surface area contributed by atoms with Crippen LogP contribution in [0.1, 0.15) is 24.0 Å². The van der Waals surface area contributed by atoms with E-state index in [1.165, 1.54) is 24.3 Å². The maximum absolute atomic E-state index is 13.3. The zero-order chi connectivity index (χ0) is 11.4. The fourth-order valence-electron chi connectivity index (χ4n) is 1.91. The summed E-state index contributed by atoms with van der Waals surface area (Å²) in [6, 6.07) is 6.09. The lowest BCUT2D eigenvalue weighted by Gasteiger charge is -2.22. The van der Waals surface area contributed by atoms with E-state index in [9.17, 15) is 4.39 Å². The summed E-state index contributed by atoms with van der Waals surface area (Å²) in [6.45, 7) is 2.58. The minimum Gasteiger partial charge on any atom is -0.309 e. The third-order valence-electron chi connectivity index (χ3n) is 2.99. The maximum atomic E-state index is 13.3. The SMILES string of the molecule is Cc1ccc(CNC2CCCSC2)cc1F. The van der Waals surface area contributed by atoms with Crippen molar-refractivity contribution in [2.45, 2.75) is 32.4 Å². The molecule has 0 aromatic heterocycles. The smallest absolute Gasteiger partial charge is 0.126 e. The Morgan fingerprint density at radius 1 is 1.50 bits per heavy atom. The summed E-state index contributed by atoms with van der Waals surface area (Å²) < 4.78 is 13.3. The third kappa shape index (κ3) is 3.22. The summed E-state index contributed by atoms with van der Waals surface area (Å²) >= 11 is 2.01. The van der Waals surface area contributed by atoms with E-state index in [-0.39, 0.29) is 5.82 Å². The Kier molecular flexibility index (Phi) is 4.24. The van der Waals surface area contributed by atoms with E-state index in [0.29, 0.717) is 6.04 Å². The second-order valence-electron chi connectivity index (χ2n) is 4.38. The van der Waals surface area contributed by atoms with E-state index >= 15 is 0 Å². The molecule has 1 saturated heterocycles. The second-order valence-corrected chi connectivity index (χ2v) is 5.53. The molecule has 1 aromatic rings. The zero-order valence-electron chi connectivity index (χ0n) is 9.63. The number of halogens is 1. The van der Waals surface area contributed by atoms with Gasteiger partial charge in [-0.2, -0.15) is 11.8 Å². The Hall–Kier alpha value is -0.540. The molecule has 2 rings (SSSR count). The molecule has 1 nitrogen and oxygen atoms in total. The van der Waals surface area contributed by atoms with Crippen LogP contribution in [0.2, 0.25) is 0 Å². The van der Waals surface area contributed by atoms with Crippen molar-refractivity contribution in [1.82, 2.24) is 5.32 Å². The van der Waals surface area contributed by atoms with Gasteiger partial charge in [-0.25, -0.2) is 4.39 Å². The van der Waals surface area contributed by atoms with Gasteiger partial charge in [-0.05, 0) is 42.7 Å². The second kappa shape index (κ2) is 5.69. The molecule has 1 aromatic carbocycles. The highest BCUT2D eigenvalue weighted by molar-refractivity contribution is 7.99. The van der Waals surface area contributed by atoms with E-state index in [1.807, 2.05) is 23.9 Å². The van der Waals surface area contributed by atoms with Crippen LogP contribution in [0.3, 0.4) is 0 Å². The van der Waals surface area contributed by atoms with Gasteiger partial charge in [-0.15, -0.1) is 0 Å². The number of thioether (sulfide) groups is 1. The van der Waals surface area contributed by atoms with Gasteiger partial charge in [0.15, 0.2) is 0 Å². The lowest BCUT2D eigenvalue weighted by molar-refractivity contribution is 0.506. The first-order valence-corrected chi connectivity index (χ1v) is 6.97. The molecule has 0 aliphatic carbocycles. The predicted molar refractivity (Wildman–Crippen MR) is 68.3 cm³/mol. The first-order chi connectivity index (χ1) is 7.75. The maximum Gasteiger partial charge on any atom is 0.126 e. The number of hydrogen-bond donors (Lipinski definition) is 1. The zero-order valence-corrected chi connectivity index (χ0v) is 10.4. The first kappa shape index (κ1) is 11.9. The van der Waals surface area contributed by atoms with Crippen LogP contribution >= 0.6 is 11.8 Å². The van der Waals surface area contributed by atoms with Crippen LogP contribution < -0.4 is 5.32 Å². The first-order valence-electron chi connectivity index (χ1n) is 5.82. The molecule has 88 valence electrons. The molecule has 1 aliphatic heterocycles. The van der Waals surface area contributed by atoms with Crippen LogP contribution in [0.5, 0.6) is 0 Å². The van der Waals surface area contributed by atoms with Crippen LogP contribution in [0.25, 0.3) is 0 Å². The van der Waals surface area contributed by atoms with Gasteiger partial charge in [0.05, 0.1) is 0 Å². The number of nitrogens with one attached hydrogen (secondary N) is 1. The van der Waals surface area contributed by atoms with Gasteiger partial charge < -0.3 is 5.32 Å². The number of rotatable bonds is 3. The molecule has 1 fully saturated rings. The van der Waals surface area contributed by atoms with E-state index in [0.717, 1.165) is 17.7 Å². The fourth-order valence-corrected chi connectivity index (χ4v) is 3.02. The Balaban J connectivity index is 1.86. The van der Waals surface area contributed by atoms with Crippen molar-refractivity contribution in [1.29, 1.82) is 0 Å². The molecule has 16 heavy (non-hydrogen) atoms. The van der Waals surface area contributed by atoms with Crippen molar-refractivity contribution in [3.05, 3.63) is 35.1 Å².